The molecule has 6 nitrogen and oxygen atoms in total. The molecule has 0 radical (unpaired) electrons. The molecule has 22 heavy (non-hydrogen) atoms. The van der Waals surface area contributed by atoms with Gasteiger partial charge in [-0.2, -0.15) is 0 Å². The first kappa shape index (κ1) is 17.9. The molecule has 0 aliphatic rings. The molecule has 0 amide bonds. The van der Waals surface area contributed by atoms with Gasteiger partial charge in [-0.3, -0.25) is 14.0 Å². The second-order valence-corrected chi connectivity index (χ2v) is 4.95. The van der Waals surface area contributed by atoms with Crippen molar-refractivity contribution in [3.05, 3.63) is 29.8 Å². The van der Waals surface area contributed by atoms with Crippen molar-refractivity contribution in [1.82, 2.24) is 0 Å². The highest BCUT2D eigenvalue weighted by Gasteiger charge is 2.24. The van der Waals surface area contributed by atoms with E-state index in [4.69, 9.17) is 20.7 Å². The number of hydrogen-bond acceptors (Lipinski definition) is 4. The van der Waals surface area contributed by atoms with Gasteiger partial charge >= 0.3 is 11.9 Å². The second kappa shape index (κ2) is 8.99. The maximum atomic E-state index is 12.0. The van der Waals surface area contributed by atoms with E-state index in [1.54, 1.807) is 24.3 Å². The summed E-state index contributed by atoms with van der Waals surface area (Å²) in [5, 5.41) is 17.9. The van der Waals surface area contributed by atoms with Gasteiger partial charge in [0.25, 0.3) is 0 Å². The number of rotatable bonds is 10. The first-order chi connectivity index (χ1) is 10.4. The Morgan fingerprint density at radius 2 is 1.82 bits per heavy atom. The molecule has 2 atom stereocenters. The monoisotopic (exact) mass is 313 g/mol. The van der Waals surface area contributed by atoms with E-state index in [-0.39, 0.29) is 19.4 Å². The second-order valence-electron chi connectivity index (χ2n) is 4.95. The fraction of sp³-hybridized carbons (Fsp3) is 0.467. The largest absolute Gasteiger partial charge is 0.494 e. The quantitative estimate of drug-likeness (QED) is 0.564. The molecule has 0 aliphatic heterocycles. The van der Waals surface area contributed by atoms with Crippen molar-refractivity contribution in [3.8, 4) is 5.75 Å². The standard InChI is InChI=1S/C15H20FNO5/c16-6-1-7-22-12-4-2-10(3-5-12)8-11(14(18)19)9-13(17)15(20)21/h2-5,11,13H,1,6-9,17H2,(H,18,19)(H,20,21)/t11-,13-/m0/s1. The number of ether oxygens (including phenoxy) is 1. The van der Waals surface area contributed by atoms with Gasteiger partial charge in [0.15, 0.2) is 0 Å². The minimum Gasteiger partial charge on any atom is -0.494 e. The zero-order valence-corrected chi connectivity index (χ0v) is 12.1. The van der Waals surface area contributed by atoms with Gasteiger partial charge in [-0.15, -0.1) is 0 Å². The average Bonchev–Trinajstić information content (AvgIpc) is 2.48. The molecule has 0 fully saturated rings. The van der Waals surface area contributed by atoms with Crippen LogP contribution in [-0.2, 0) is 16.0 Å². The summed E-state index contributed by atoms with van der Waals surface area (Å²) >= 11 is 0. The zero-order valence-electron chi connectivity index (χ0n) is 12.1. The van der Waals surface area contributed by atoms with Crippen molar-refractivity contribution in [2.75, 3.05) is 13.3 Å². The van der Waals surface area contributed by atoms with Crippen LogP contribution in [0.25, 0.3) is 0 Å². The Morgan fingerprint density at radius 3 is 2.32 bits per heavy atom. The lowest BCUT2D eigenvalue weighted by Gasteiger charge is -2.15. The molecule has 0 aromatic heterocycles. The first-order valence-electron chi connectivity index (χ1n) is 6.93. The highest BCUT2D eigenvalue weighted by atomic mass is 19.1. The Kier molecular flexibility index (Phi) is 7.31. The molecule has 0 aliphatic carbocycles. The minimum absolute atomic E-state index is 0.139. The first-order valence-corrected chi connectivity index (χ1v) is 6.93. The van der Waals surface area contributed by atoms with Gasteiger partial charge in [-0.1, -0.05) is 12.1 Å². The summed E-state index contributed by atoms with van der Waals surface area (Å²) in [6.07, 6.45) is 0.358. The molecule has 1 rings (SSSR count). The molecule has 7 heteroatoms. The van der Waals surface area contributed by atoms with E-state index in [2.05, 4.69) is 0 Å². The smallest absolute Gasteiger partial charge is 0.320 e. The molecule has 1 aromatic carbocycles. The molecule has 1 aromatic rings. The SMILES string of the molecule is N[C@@H](C[C@H](Cc1ccc(OCCCF)cc1)C(=O)O)C(=O)O. The zero-order chi connectivity index (χ0) is 16.5. The van der Waals surface area contributed by atoms with E-state index in [0.717, 1.165) is 5.56 Å². The summed E-state index contributed by atoms with van der Waals surface area (Å²) in [7, 11) is 0. The number of aliphatic carboxylic acids is 2. The van der Waals surface area contributed by atoms with E-state index in [1.165, 1.54) is 0 Å². The lowest BCUT2D eigenvalue weighted by Crippen LogP contribution is -2.35. The number of carboxylic acids is 2. The molecule has 0 bridgehead atoms. The van der Waals surface area contributed by atoms with Crippen LogP contribution >= 0.6 is 0 Å². The fourth-order valence-corrected chi connectivity index (χ4v) is 1.93. The molecule has 0 spiro atoms. The van der Waals surface area contributed by atoms with Crippen LogP contribution in [0.4, 0.5) is 4.39 Å². The Bertz CT molecular complexity index is 491. The highest BCUT2D eigenvalue weighted by molar-refractivity contribution is 5.76. The van der Waals surface area contributed by atoms with Gasteiger partial charge < -0.3 is 20.7 Å². The lowest BCUT2D eigenvalue weighted by atomic mass is 9.93. The summed E-state index contributed by atoms with van der Waals surface area (Å²) in [4.78, 5) is 21.9. The minimum atomic E-state index is -1.22. The van der Waals surface area contributed by atoms with Crippen LogP contribution < -0.4 is 10.5 Å². The van der Waals surface area contributed by atoms with Crippen molar-refractivity contribution in [2.24, 2.45) is 11.7 Å². The van der Waals surface area contributed by atoms with Crippen LogP contribution in [0.3, 0.4) is 0 Å². The number of carbonyl (C=O) groups is 2. The third kappa shape index (κ3) is 6.09. The number of benzene rings is 1. The van der Waals surface area contributed by atoms with Crippen LogP contribution in [0.5, 0.6) is 5.75 Å². The number of carboxylic acid groups (broad SMARTS) is 2. The molecule has 0 saturated heterocycles. The molecule has 0 heterocycles. The topological polar surface area (TPSA) is 110 Å². The summed E-state index contributed by atoms with van der Waals surface area (Å²) < 4.78 is 17.2. The normalized spacial score (nSPS) is 13.4. The third-order valence-electron chi connectivity index (χ3n) is 3.16. The lowest BCUT2D eigenvalue weighted by molar-refractivity contribution is -0.143. The van der Waals surface area contributed by atoms with Crippen molar-refractivity contribution in [2.45, 2.75) is 25.3 Å². The number of nitrogens with two attached hydrogens (primary N) is 1. The average molecular weight is 313 g/mol. The van der Waals surface area contributed by atoms with E-state index in [9.17, 15) is 14.0 Å². The van der Waals surface area contributed by atoms with Crippen LogP contribution in [0.2, 0.25) is 0 Å². The van der Waals surface area contributed by atoms with Crippen LogP contribution in [0.15, 0.2) is 24.3 Å². The van der Waals surface area contributed by atoms with Crippen molar-refractivity contribution in [3.63, 3.8) is 0 Å². The number of alkyl halides is 1. The molecule has 122 valence electrons. The summed E-state index contributed by atoms with van der Waals surface area (Å²) in [6, 6.07) is 5.54. The van der Waals surface area contributed by atoms with E-state index >= 15 is 0 Å². The van der Waals surface area contributed by atoms with Gasteiger partial charge in [0.2, 0.25) is 0 Å². The van der Waals surface area contributed by atoms with Crippen molar-refractivity contribution in [1.29, 1.82) is 0 Å². The fourth-order valence-electron chi connectivity index (χ4n) is 1.93. The summed E-state index contributed by atoms with van der Waals surface area (Å²) in [5.74, 6) is -2.60. The Balaban J connectivity index is 2.62. The van der Waals surface area contributed by atoms with E-state index < -0.39 is 30.6 Å². The number of hydrogen-bond donors (Lipinski definition) is 3. The maximum Gasteiger partial charge on any atom is 0.320 e. The maximum absolute atomic E-state index is 12.0. The number of halogens is 1. The molecular weight excluding hydrogens is 293 g/mol. The van der Waals surface area contributed by atoms with Gasteiger partial charge in [-0.25, -0.2) is 0 Å². The predicted octanol–water partition coefficient (Wildman–Crippen LogP) is 1.47. The summed E-state index contributed by atoms with van der Waals surface area (Å²) in [6.45, 7) is -0.163. The van der Waals surface area contributed by atoms with E-state index in [0.29, 0.717) is 12.2 Å². The Labute approximate surface area is 127 Å². The van der Waals surface area contributed by atoms with Crippen LogP contribution in [0, 0.1) is 5.92 Å². The van der Waals surface area contributed by atoms with Crippen LogP contribution in [0.1, 0.15) is 18.4 Å². The van der Waals surface area contributed by atoms with Crippen LogP contribution in [-0.4, -0.2) is 41.5 Å². The van der Waals surface area contributed by atoms with E-state index in [1.807, 2.05) is 0 Å². The Hall–Kier alpha value is -2.15. The predicted molar refractivity (Wildman–Crippen MR) is 77.6 cm³/mol. The van der Waals surface area contributed by atoms with Crippen molar-refractivity contribution < 1.29 is 28.9 Å². The van der Waals surface area contributed by atoms with Gasteiger partial charge in [0, 0.05) is 6.42 Å². The third-order valence-corrected chi connectivity index (χ3v) is 3.16. The molecule has 0 saturated carbocycles. The van der Waals surface area contributed by atoms with Gasteiger partial charge in [0.1, 0.15) is 11.8 Å². The van der Waals surface area contributed by atoms with Gasteiger partial charge in [-0.05, 0) is 30.5 Å². The molecule has 0 unspecified atom stereocenters. The molecular formula is C15H20FNO5. The highest BCUT2D eigenvalue weighted by Crippen LogP contribution is 2.18. The van der Waals surface area contributed by atoms with Crippen molar-refractivity contribution >= 4 is 11.9 Å². The summed E-state index contributed by atoms with van der Waals surface area (Å²) in [5.41, 5.74) is 6.13. The van der Waals surface area contributed by atoms with Gasteiger partial charge in [0.05, 0.1) is 19.2 Å². The molecule has 4 N–H and O–H groups in total. The Morgan fingerprint density at radius 1 is 1.18 bits per heavy atom.